The van der Waals surface area contributed by atoms with E-state index in [0.717, 1.165) is 11.3 Å². The Balaban J connectivity index is 1.38. The minimum absolute atomic E-state index is 0.173. The molecule has 26 heavy (non-hydrogen) atoms. The highest BCUT2D eigenvalue weighted by Crippen LogP contribution is 2.33. The van der Waals surface area contributed by atoms with Crippen LogP contribution in [0.3, 0.4) is 0 Å². The van der Waals surface area contributed by atoms with Crippen molar-refractivity contribution in [2.75, 3.05) is 0 Å². The number of aromatic nitrogens is 2. The van der Waals surface area contributed by atoms with Crippen molar-refractivity contribution < 1.29 is 19.0 Å². The Labute approximate surface area is 150 Å². The van der Waals surface area contributed by atoms with E-state index in [1.165, 1.54) is 0 Å². The third kappa shape index (κ3) is 3.26. The highest BCUT2D eigenvalue weighted by Gasteiger charge is 2.35. The number of esters is 1. The Morgan fingerprint density at radius 1 is 1.08 bits per heavy atom. The number of para-hydroxylation sites is 2. The second-order valence-electron chi connectivity index (χ2n) is 6.03. The molecule has 1 aliphatic rings. The van der Waals surface area contributed by atoms with Gasteiger partial charge in [0.1, 0.15) is 12.7 Å². The Bertz CT molecular complexity index is 890. The Morgan fingerprint density at radius 2 is 1.81 bits per heavy atom. The summed E-state index contributed by atoms with van der Waals surface area (Å²) in [6.45, 7) is 1.97. The normalized spacial score (nSPS) is 18.3. The zero-order valence-electron chi connectivity index (χ0n) is 14.2. The van der Waals surface area contributed by atoms with Crippen LogP contribution in [0.25, 0.3) is 5.69 Å². The molecule has 0 spiro atoms. The van der Waals surface area contributed by atoms with Crippen molar-refractivity contribution in [3.63, 3.8) is 0 Å². The molecule has 6 nitrogen and oxygen atoms in total. The molecule has 1 aliphatic heterocycles. The van der Waals surface area contributed by atoms with Crippen LogP contribution in [0.2, 0.25) is 0 Å². The van der Waals surface area contributed by atoms with Crippen molar-refractivity contribution in [1.82, 2.24) is 9.78 Å². The molecule has 3 aromatic rings. The maximum Gasteiger partial charge on any atom is 0.351 e. The first-order chi connectivity index (χ1) is 12.7. The predicted octanol–water partition coefficient (Wildman–Crippen LogP) is 3.14. The monoisotopic (exact) mass is 350 g/mol. The van der Waals surface area contributed by atoms with Crippen LogP contribution in [0.4, 0.5) is 0 Å². The van der Waals surface area contributed by atoms with Crippen molar-refractivity contribution in [1.29, 1.82) is 0 Å². The topological polar surface area (TPSA) is 62.6 Å². The first kappa shape index (κ1) is 16.2. The van der Waals surface area contributed by atoms with E-state index >= 15 is 0 Å². The van der Waals surface area contributed by atoms with Gasteiger partial charge in [-0.25, -0.2) is 9.48 Å². The summed E-state index contributed by atoms with van der Waals surface area (Å²) in [5.74, 6) is 0.748. The number of ether oxygens (including phenoxy) is 3. The molecule has 0 amide bonds. The van der Waals surface area contributed by atoms with Crippen LogP contribution >= 0.6 is 0 Å². The lowest BCUT2D eigenvalue weighted by atomic mass is 10.2. The fourth-order valence-electron chi connectivity index (χ4n) is 2.78. The molecule has 0 fully saturated rings. The Hall–Kier alpha value is -3.28. The summed E-state index contributed by atoms with van der Waals surface area (Å²) in [6, 6.07) is 16.8. The van der Waals surface area contributed by atoms with Crippen LogP contribution in [0.1, 0.15) is 12.5 Å². The van der Waals surface area contributed by atoms with Gasteiger partial charge in [-0.15, -0.1) is 0 Å². The predicted molar refractivity (Wildman–Crippen MR) is 94.3 cm³/mol. The molecule has 0 N–H and O–H groups in total. The summed E-state index contributed by atoms with van der Waals surface area (Å²) in [4.78, 5) is 12.4. The van der Waals surface area contributed by atoms with Gasteiger partial charge in [-0.3, -0.25) is 0 Å². The van der Waals surface area contributed by atoms with E-state index in [0.29, 0.717) is 11.5 Å². The fourth-order valence-corrected chi connectivity index (χ4v) is 2.78. The molecule has 4 rings (SSSR count). The minimum atomic E-state index is -0.784. The smallest absolute Gasteiger partial charge is 0.351 e. The van der Waals surface area contributed by atoms with Crippen LogP contribution in [0.5, 0.6) is 11.5 Å². The molecule has 0 bridgehead atoms. The highest BCUT2D eigenvalue weighted by atomic mass is 16.6. The first-order valence-electron chi connectivity index (χ1n) is 8.38. The molecule has 2 aromatic carbocycles. The van der Waals surface area contributed by atoms with E-state index in [2.05, 4.69) is 5.10 Å². The van der Waals surface area contributed by atoms with Gasteiger partial charge in [0.2, 0.25) is 6.10 Å². The number of rotatable bonds is 4. The molecular formula is C20H18N2O4. The van der Waals surface area contributed by atoms with Gasteiger partial charge >= 0.3 is 5.97 Å². The van der Waals surface area contributed by atoms with Gasteiger partial charge in [-0.2, -0.15) is 5.10 Å². The van der Waals surface area contributed by atoms with E-state index in [1.807, 2.05) is 54.7 Å². The van der Waals surface area contributed by atoms with E-state index in [-0.39, 0.29) is 6.61 Å². The summed E-state index contributed by atoms with van der Waals surface area (Å²) in [6.07, 6.45) is 2.39. The molecule has 0 saturated heterocycles. The van der Waals surface area contributed by atoms with Gasteiger partial charge in [0.15, 0.2) is 11.5 Å². The van der Waals surface area contributed by atoms with Gasteiger partial charge in [-0.1, -0.05) is 24.3 Å². The SMILES string of the molecule is CC1Oc2ccccc2OC1C(=O)OCc1ccc(-n2cccn2)cc1. The molecule has 2 heterocycles. The van der Waals surface area contributed by atoms with E-state index in [9.17, 15) is 4.79 Å². The third-order valence-electron chi connectivity index (χ3n) is 4.16. The van der Waals surface area contributed by atoms with Crippen LogP contribution < -0.4 is 9.47 Å². The summed E-state index contributed by atoms with van der Waals surface area (Å²) >= 11 is 0. The first-order valence-corrected chi connectivity index (χ1v) is 8.38. The van der Waals surface area contributed by atoms with E-state index < -0.39 is 18.2 Å². The van der Waals surface area contributed by atoms with Gasteiger partial charge in [0, 0.05) is 12.4 Å². The molecule has 132 valence electrons. The quantitative estimate of drug-likeness (QED) is 0.677. The lowest BCUT2D eigenvalue weighted by Gasteiger charge is -2.30. The summed E-state index contributed by atoms with van der Waals surface area (Å²) < 4.78 is 18.7. The van der Waals surface area contributed by atoms with E-state index in [4.69, 9.17) is 14.2 Å². The molecule has 1 aromatic heterocycles. The largest absolute Gasteiger partial charge is 0.482 e. The maximum atomic E-state index is 12.4. The zero-order chi connectivity index (χ0) is 17.9. The molecule has 6 heteroatoms. The number of nitrogens with zero attached hydrogens (tertiary/aromatic N) is 2. The van der Waals surface area contributed by atoms with Gasteiger partial charge in [0.05, 0.1) is 5.69 Å². The van der Waals surface area contributed by atoms with Crippen LogP contribution in [0, 0.1) is 0 Å². The van der Waals surface area contributed by atoms with Crippen LogP contribution in [-0.2, 0) is 16.1 Å². The lowest BCUT2D eigenvalue weighted by molar-refractivity contribution is -0.159. The maximum absolute atomic E-state index is 12.4. The molecule has 0 radical (unpaired) electrons. The zero-order valence-corrected chi connectivity index (χ0v) is 14.2. The second kappa shape index (κ2) is 6.92. The van der Waals surface area contributed by atoms with Crippen molar-refractivity contribution >= 4 is 5.97 Å². The number of hydrogen-bond acceptors (Lipinski definition) is 5. The molecular weight excluding hydrogens is 332 g/mol. The number of benzene rings is 2. The average Bonchev–Trinajstić information content (AvgIpc) is 3.21. The number of hydrogen-bond donors (Lipinski definition) is 0. The number of fused-ring (bicyclic) bond motifs is 1. The van der Waals surface area contributed by atoms with Crippen LogP contribution in [-0.4, -0.2) is 28.0 Å². The molecule has 2 atom stereocenters. The number of carbonyl (C=O) groups is 1. The molecule has 2 unspecified atom stereocenters. The Morgan fingerprint density at radius 3 is 2.50 bits per heavy atom. The minimum Gasteiger partial charge on any atom is -0.482 e. The van der Waals surface area contributed by atoms with Crippen LogP contribution in [0.15, 0.2) is 67.0 Å². The number of carbonyl (C=O) groups excluding carboxylic acids is 1. The Kier molecular flexibility index (Phi) is 4.31. The summed E-state index contributed by atoms with van der Waals surface area (Å²) in [7, 11) is 0. The summed E-state index contributed by atoms with van der Waals surface area (Å²) in [5.41, 5.74) is 1.83. The van der Waals surface area contributed by atoms with Gasteiger partial charge in [0.25, 0.3) is 0 Å². The second-order valence-corrected chi connectivity index (χ2v) is 6.03. The summed E-state index contributed by atoms with van der Waals surface area (Å²) in [5, 5.41) is 4.18. The van der Waals surface area contributed by atoms with Crippen molar-refractivity contribution in [2.45, 2.75) is 25.7 Å². The lowest BCUT2D eigenvalue weighted by Crippen LogP contribution is -2.44. The van der Waals surface area contributed by atoms with Crippen molar-refractivity contribution in [2.24, 2.45) is 0 Å². The van der Waals surface area contributed by atoms with Crippen molar-refractivity contribution in [3.05, 3.63) is 72.6 Å². The highest BCUT2D eigenvalue weighted by molar-refractivity contribution is 5.76. The third-order valence-corrected chi connectivity index (χ3v) is 4.16. The van der Waals surface area contributed by atoms with Gasteiger partial charge in [-0.05, 0) is 42.8 Å². The fraction of sp³-hybridized carbons (Fsp3) is 0.200. The average molecular weight is 350 g/mol. The molecule has 0 saturated carbocycles. The van der Waals surface area contributed by atoms with E-state index in [1.54, 1.807) is 23.9 Å². The standard InChI is InChI=1S/C20H18N2O4/c1-14-19(26-18-6-3-2-5-17(18)25-14)20(23)24-13-15-7-9-16(10-8-15)22-12-4-11-21-22/h2-12,14,19H,13H2,1H3. The molecule has 0 aliphatic carbocycles. The van der Waals surface area contributed by atoms with Gasteiger partial charge < -0.3 is 14.2 Å². The van der Waals surface area contributed by atoms with Crippen molar-refractivity contribution in [3.8, 4) is 17.2 Å².